The minimum absolute atomic E-state index is 0.404. The quantitative estimate of drug-likeness (QED) is 0.719. The molecule has 20 heavy (non-hydrogen) atoms. The summed E-state index contributed by atoms with van der Waals surface area (Å²) in [4.78, 5) is 0. The van der Waals surface area contributed by atoms with Crippen LogP contribution in [0.5, 0.6) is 0 Å². The molecule has 0 radical (unpaired) electrons. The molecule has 0 fully saturated rings. The highest BCUT2D eigenvalue weighted by atomic mass is 16.5. The summed E-state index contributed by atoms with van der Waals surface area (Å²) in [7, 11) is 1.67. The normalized spacial score (nSPS) is 10.7. The van der Waals surface area contributed by atoms with E-state index in [1.807, 2.05) is 12.1 Å². The van der Waals surface area contributed by atoms with Crippen LogP contribution in [0.3, 0.4) is 0 Å². The number of hydrogen-bond donors (Lipinski definition) is 2. The molecule has 0 aliphatic carbocycles. The first kappa shape index (κ1) is 14.5. The Labute approximate surface area is 118 Å². The van der Waals surface area contributed by atoms with E-state index < -0.39 is 0 Å². The fourth-order valence-electron chi connectivity index (χ4n) is 1.74. The van der Waals surface area contributed by atoms with Gasteiger partial charge in [-0.3, -0.25) is 0 Å². The van der Waals surface area contributed by atoms with E-state index in [9.17, 15) is 0 Å². The summed E-state index contributed by atoms with van der Waals surface area (Å²) < 4.78 is 10.4. The van der Waals surface area contributed by atoms with Gasteiger partial charge in [0.25, 0.3) is 0 Å². The van der Waals surface area contributed by atoms with Crippen LogP contribution in [-0.4, -0.2) is 30.5 Å². The molecule has 6 heteroatoms. The Kier molecular flexibility index (Phi) is 5.52. The lowest BCUT2D eigenvalue weighted by molar-refractivity contribution is 0.198. The third-order valence-corrected chi connectivity index (χ3v) is 2.81. The van der Waals surface area contributed by atoms with Crippen molar-refractivity contribution in [3.8, 4) is 0 Å². The molecule has 2 rings (SSSR count). The number of ether oxygens (including phenoxy) is 1. The summed E-state index contributed by atoms with van der Waals surface area (Å²) in [5.74, 6) is 0.551. The van der Waals surface area contributed by atoms with Crippen molar-refractivity contribution < 1.29 is 9.15 Å². The van der Waals surface area contributed by atoms with Gasteiger partial charge in [-0.15, -0.1) is 5.10 Å². The highest BCUT2D eigenvalue weighted by Gasteiger charge is 2.05. The first-order valence-corrected chi connectivity index (χ1v) is 6.70. The second-order valence-electron chi connectivity index (χ2n) is 4.35. The van der Waals surface area contributed by atoms with Gasteiger partial charge < -0.3 is 19.8 Å². The number of nitrogens with one attached hydrogen (secondary N) is 2. The zero-order chi connectivity index (χ0) is 14.2. The Bertz CT molecular complexity index is 527. The third kappa shape index (κ3) is 4.32. The van der Waals surface area contributed by atoms with E-state index in [-0.39, 0.29) is 0 Å². The molecule has 0 spiro atoms. The summed E-state index contributed by atoms with van der Waals surface area (Å²) in [6, 6.07) is 8.54. The Hall–Kier alpha value is -1.92. The van der Waals surface area contributed by atoms with Gasteiger partial charge in [-0.05, 0) is 24.1 Å². The van der Waals surface area contributed by atoms with Crippen LogP contribution < -0.4 is 10.6 Å². The number of hydrogen-bond acceptors (Lipinski definition) is 6. The Morgan fingerprint density at radius 3 is 3.00 bits per heavy atom. The van der Waals surface area contributed by atoms with Crippen molar-refractivity contribution in [1.82, 2.24) is 15.5 Å². The molecule has 0 aliphatic heterocycles. The number of aryl methyl sites for hydroxylation is 1. The lowest BCUT2D eigenvalue weighted by Crippen LogP contribution is -2.18. The van der Waals surface area contributed by atoms with E-state index in [1.54, 1.807) is 7.11 Å². The molecule has 1 aromatic heterocycles. The number of anilines is 2. The average Bonchev–Trinajstić information content (AvgIpc) is 2.91. The smallest absolute Gasteiger partial charge is 0.320 e. The summed E-state index contributed by atoms with van der Waals surface area (Å²) >= 11 is 0. The fraction of sp³-hybridized carbons (Fsp3) is 0.429. The molecule has 0 saturated heterocycles. The minimum Gasteiger partial charge on any atom is -0.406 e. The first-order valence-electron chi connectivity index (χ1n) is 6.70. The number of aromatic nitrogens is 2. The SMILES string of the molecule is CCc1cccc(Nc2nnc(CNCCOC)o2)c1. The van der Waals surface area contributed by atoms with Gasteiger partial charge in [0.2, 0.25) is 5.89 Å². The molecule has 0 aliphatic rings. The zero-order valence-electron chi connectivity index (χ0n) is 11.8. The lowest BCUT2D eigenvalue weighted by Gasteiger charge is -2.03. The van der Waals surface area contributed by atoms with E-state index in [4.69, 9.17) is 9.15 Å². The molecule has 1 aromatic carbocycles. The van der Waals surface area contributed by atoms with Crippen molar-refractivity contribution in [2.75, 3.05) is 25.6 Å². The van der Waals surface area contributed by atoms with E-state index >= 15 is 0 Å². The van der Waals surface area contributed by atoms with Crippen LogP contribution in [0, 0.1) is 0 Å². The monoisotopic (exact) mass is 276 g/mol. The number of rotatable bonds is 8. The molecule has 0 atom stereocenters. The van der Waals surface area contributed by atoms with Crippen LogP contribution in [0.4, 0.5) is 11.7 Å². The van der Waals surface area contributed by atoms with E-state index in [2.05, 4.69) is 39.9 Å². The average molecular weight is 276 g/mol. The lowest BCUT2D eigenvalue weighted by atomic mass is 10.1. The molecular weight excluding hydrogens is 256 g/mol. The maximum absolute atomic E-state index is 5.50. The third-order valence-electron chi connectivity index (χ3n) is 2.81. The first-order chi connectivity index (χ1) is 9.81. The Balaban J connectivity index is 1.88. The second-order valence-corrected chi connectivity index (χ2v) is 4.35. The van der Waals surface area contributed by atoms with Gasteiger partial charge in [-0.25, -0.2) is 0 Å². The van der Waals surface area contributed by atoms with Crippen LogP contribution in [0.2, 0.25) is 0 Å². The van der Waals surface area contributed by atoms with Gasteiger partial charge in [0.05, 0.1) is 13.2 Å². The highest BCUT2D eigenvalue weighted by Crippen LogP contribution is 2.16. The van der Waals surface area contributed by atoms with Crippen molar-refractivity contribution in [2.45, 2.75) is 19.9 Å². The molecule has 0 bridgehead atoms. The number of nitrogens with zero attached hydrogens (tertiary/aromatic N) is 2. The van der Waals surface area contributed by atoms with Crippen molar-refractivity contribution in [3.63, 3.8) is 0 Å². The van der Waals surface area contributed by atoms with Crippen molar-refractivity contribution in [2.24, 2.45) is 0 Å². The number of benzene rings is 1. The minimum atomic E-state index is 0.404. The standard InChI is InChI=1S/C14H20N4O2/c1-3-11-5-4-6-12(9-11)16-14-18-17-13(20-14)10-15-7-8-19-2/h4-6,9,15H,3,7-8,10H2,1-2H3,(H,16,18). The summed E-state index contributed by atoms with van der Waals surface area (Å²) in [5.41, 5.74) is 2.21. The zero-order valence-corrected chi connectivity index (χ0v) is 11.8. The van der Waals surface area contributed by atoms with Crippen molar-refractivity contribution in [1.29, 1.82) is 0 Å². The van der Waals surface area contributed by atoms with Crippen molar-refractivity contribution in [3.05, 3.63) is 35.7 Å². The van der Waals surface area contributed by atoms with Gasteiger partial charge >= 0.3 is 6.01 Å². The summed E-state index contributed by atoms with van der Waals surface area (Å²) in [6.07, 6.45) is 0.994. The van der Waals surface area contributed by atoms with Crippen LogP contribution in [0.1, 0.15) is 18.4 Å². The predicted octanol–water partition coefficient (Wildman–Crippen LogP) is 2.11. The molecule has 6 nitrogen and oxygen atoms in total. The topological polar surface area (TPSA) is 72.2 Å². The molecule has 2 N–H and O–H groups in total. The van der Waals surface area contributed by atoms with Crippen LogP contribution in [0.15, 0.2) is 28.7 Å². The molecule has 2 aromatic rings. The largest absolute Gasteiger partial charge is 0.406 e. The van der Waals surface area contributed by atoms with E-state index in [0.29, 0.717) is 25.1 Å². The molecular formula is C14H20N4O2. The number of methoxy groups -OCH3 is 1. The Morgan fingerprint density at radius 1 is 1.30 bits per heavy atom. The highest BCUT2D eigenvalue weighted by molar-refractivity contribution is 5.53. The summed E-state index contributed by atoms with van der Waals surface area (Å²) in [5, 5.41) is 14.2. The van der Waals surface area contributed by atoms with Crippen LogP contribution in [0.25, 0.3) is 0 Å². The second kappa shape index (κ2) is 7.62. The van der Waals surface area contributed by atoms with E-state index in [0.717, 1.165) is 18.7 Å². The fourth-order valence-corrected chi connectivity index (χ4v) is 1.74. The molecule has 1 heterocycles. The summed E-state index contributed by atoms with van der Waals surface area (Å²) in [6.45, 7) is 4.06. The van der Waals surface area contributed by atoms with Gasteiger partial charge in [0.1, 0.15) is 0 Å². The Morgan fingerprint density at radius 2 is 2.20 bits per heavy atom. The molecule has 0 unspecified atom stereocenters. The maximum Gasteiger partial charge on any atom is 0.320 e. The van der Waals surface area contributed by atoms with Gasteiger partial charge in [0, 0.05) is 19.3 Å². The van der Waals surface area contributed by atoms with Gasteiger partial charge in [-0.2, -0.15) is 0 Å². The molecule has 0 amide bonds. The van der Waals surface area contributed by atoms with Crippen LogP contribution in [-0.2, 0) is 17.7 Å². The van der Waals surface area contributed by atoms with E-state index in [1.165, 1.54) is 5.56 Å². The predicted molar refractivity (Wildman–Crippen MR) is 77.0 cm³/mol. The maximum atomic E-state index is 5.50. The van der Waals surface area contributed by atoms with Crippen LogP contribution >= 0.6 is 0 Å². The van der Waals surface area contributed by atoms with Gasteiger partial charge in [0.15, 0.2) is 0 Å². The van der Waals surface area contributed by atoms with Gasteiger partial charge in [-0.1, -0.05) is 24.2 Å². The van der Waals surface area contributed by atoms with Crippen molar-refractivity contribution >= 4 is 11.7 Å². The molecule has 0 saturated carbocycles. The molecule has 108 valence electrons.